The Kier molecular flexibility index (Phi) is 5.81. The summed E-state index contributed by atoms with van der Waals surface area (Å²) >= 11 is 7.26. The molecule has 0 amide bonds. The van der Waals surface area contributed by atoms with Crippen molar-refractivity contribution in [2.75, 3.05) is 11.6 Å². The summed E-state index contributed by atoms with van der Waals surface area (Å²) < 4.78 is 27.4. The van der Waals surface area contributed by atoms with Gasteiger partial charge in [0, 0.05) is 10.8 Å². The van der Waals surface area contributed by atoms with E-state index in [1.807, 2.05) is 54.8 Å². The van der Waals surface area contributed by atoms with Gasteiger partial charge in [0.1, 0.15) is 0 Å². The minimum absolute atomic E-state index is 0.0329. The van der Waals surface area contributed by atoms with Gasteiger partial charge >= 0.3 is 0 Å². The third-order valence-electron chi connectivity index (χ3n) is 3.03. The number of hydrogen-bond acceptors (Lipinski definition) is 3. The van der Waals surface area contributed by atoms with E-state index < -0.39 is 10.0 Å². The Balaban J connectivity index is 2.26. The van der Waals surface area contributed by atoms with Crippen LogP contribution in [0.1, 0.15) is 23.4 Å². The Morgan fingerprint density at radius 3 is 2.48 bits per heavy atom. The van der Waals surface area contributed by atoms with Crippen LogP contribution in [0.3, 0.4) is 0 Å². The predicted octanol–water partition coefficient (Wildman–Crippen LogP) is 3.63. The summed E-state index contributed by atoms with van der Waals surface area (Å²) in [7, 11) is -3.39. The number of thiophene rings is 1. The second-order valence-corrected chi connectivity index (χ2v) is 8.10. The molecule has 0 aliphatic rings. The van der Waals surface area contributed by atoms with Gasteiger partial charge in [-0.2, -0.15) is 0 Å². The van der Waals surface area contributed by atoms with Crippen LogP contribution in [-0.2, 0) is 10.0 Å². The molecular formula is C15H18ClNO2S2. The smallest absolute Gasteiger partial charge is 0.212 e. The van der Waals surface area contributed by atoms with Gasteiger partial charge in [-0.3, -0.25) is 0 Å². The average molecular weight is 344 g/mol. The lowest BCUT2D eigenvalue weighted by molar-refractivity contribution is 0.561. The molecular weight excluding hydrogens is 326 g/mol. The Hall–Kier alpha value is -0.880. The summed E-state index contributed by atoms with van der Waals surface area (Å²) in [6, 6.07) is 13.1. The van der Waals surface area contributed by atoms with E-state index in [9.17, 15) is 8.42 Å². The van der Waals surface area contributed by atoms with E-state index in [1.165, 1.54) is 11.3 Å². The highest BCUT2D eigenvalue weighted by molar-refractivity contribution is 7.89. The molecule has 0 bridgehead atoms. The highest BCUT2D eigenvalue weighted by atomic mass is 35.5. The van der Waals surface area contributed by atoms with Crippen LogP contribution in [0.25, 0.3) is 0 Å². The zero-order valence-electron chi connectivity index (χ0n) is 11.7. The zero-order chi connectivity index (χ0) is 15.3. The Labute approximate surface area is 135 Å². The van der Waals surface area contributed by atoms with E-state index in [1.54, 1.807) is 0 Å². The minimum atomic E-state index is -3.39. The van der Waals surface area contributed by atoms with Crippen molar-refractivity contribution in [1.29, 1.82) is 0 Å². The molecule has 6 heteroatoms. The average Bonchev–Trinajstić information content (AvgIpc) is 2.99. The first-order valence-electron chi connectivity index (χ1n) is 6.66. The normalized spacial score (nSPS) is 14.8. The lowest BCUT2D eigenvalue weighted by atomic mass is 10.1. The maximum absolute atomic E-state index is 12.3. The molecule has 21 heavy (non-hydrogen) atoms. The van der Waals surface area contributed by atoms with Gasteiger partial charge in [-0.15, -0.1) is 22.9 Å². The molecule has 2 rings (SSSR count). The Morgan fingerprint density at radius 2 is 1.90 bits per heavy atom. The van der Waals surface area contributed by atoms with E-state index in [0.29, 0.717) is 5.88 Å². The zero-order valence-corrected chi connectivity index (χ0v) is 14.1. The number of benzene rings is 1. The maximum Gasteiger partial charge on any atom is 0.212 e. The summed E-state index contributed by atoms with van der Waals surface area (Å²) in [6.07, 6.45) is 0. The van der Waals surface area contributed by atoms with E-state index in [0.717, 1.165) is 10.4 Å². The van der Waals surface area contributed by atoms with Crippen molar-refractivity contribution >= 4 is 33.0 Å². The monoisotopic (exact) mass is 343 g/mol. The van der Waals surface area contributed by atoms with E-state index >= 15 is 0 Å². The molecule has 0 saturated heterocycles. The van der Waals surface area contributed by atoms with E-state index in [-0.39, 0.29) is 17.7 Å². The SMILES string of the molecule is CC(CCl)CS(=O)(=O)NC(c1ccccc1)c1cccs1. The second kappa shape index (κ2) is 7.40. The van der Waals surface area contributed by atoms with Gasteiger partial charge in [0.15, 0.2) is 0 Å². The van der Waals surface area contributed by atoms with E-state index in [2.05, 4.69) is 4.72 Å². The van der Waals surface area contributed by atoms with Crippen LogP contribution < -0.4 is 4.72 Å². The maximum atomic E-state index is 12.3. The predicted molar refractivity (Wildman–Crippen MR) is 89.4 cm³/mol. The fourth-order valence-corrected chi connectivity index (χ4v) is 4.74. The van der Waals surface area contributed by atoms with Crippen LogP contribution >= 0.6 is 22.9 Å². The molecule has 0 aliphatic heterocycles. The molecule has 1 N–H and O–H groups in total. The Bertz CT molecular complexity index is 642. The molecule has 2 unspecified atom stereocenters. The van der Waals surface area contributed by atoms with Gasteiger partial charge in [-0.05, 0) is 22.9 Å². The number of alkyl halides is 1. The lowest BCUT2D eigenvalue weighted by Gasteiger charge is -2.19. The molecule has 0 fully saturated rings. The number of nitrogens with one attached hydrogen (secondary N) is 1. The van der Waals surface area contributed by atoms with Crippen LogP contribution in [-0.4, -0.2) is 20.1 Å². The summed E-state index contributed by atoms with van der Waals surface area (Å²) in [6.45, 7) is 1.83. The van der Waals surface area contributed by atoms with Crippen molar-refractivity contribution < 1.29 is 8.42 Å². The summed E-state index contributed by atoms with van der Waals surface area (Å²) in [5.74, 6) is 0.283. The van der Waals surface area contributed by atoms with Crippen molar-refractivity contribution in [2.24, 2.45) is 5.92 Å². The topological polar surface area (TPSA) is 46.2 Å². The Morgan fingerprint density at radius 1 is 1.19 bits per heavy atom. The van der Waals surface area contributed by atoms with Crippen molar-refractivity contribution in [1.82, 2.24) is 4.72 Å². The van der Waals surface area contributed by atoms with Crippen LogP contribution in [0.4, 0.5) is 0 Å². The first-order chi connectivity index (χ1) is 10.0. The van der Waals surface area contributed by atoms with Crippen molar-refractivity contribution in [3.8, 4) is 0 Å². The number of sulfonamides is 1. The summed E-state index contributed by atoms with van der Waals surface area (Å²) in [4.78, 5) is 0.975. The van der Waals surface area contributed by atoms with Gasteiger partial charge in [0.25, 0.3) is 0 Å². The number of hydrogen-bond donors (Lipinski definition) is 1. The highest BCUT2D eigenvalue weighted by Gasteiger charge is 2.23. The third kappa shape index (κ3) is 4.81. The molecule has 0 spiro atoms. The molecule has 0 saturated carbocycles. The largest absolute Gasteiger partial charge is 0.212 e. The molecule has 1 aromatic carbocycles. The van der Waals surface area contributed by atoms with Gasteiger partial charge in [0.2, 0.25) is 10.0 Å². The lowest BCUT2D eigenvalue weighted by Crippen LogP contribution is -2.33. The first-order valence-corrected chi connectivity index (χ1v) is 9.73. The summed E-state index contributed by atoms with van der Waals surface area (Å²) in [5, 5.41) is 1.95. The first kappa shape index (κ1) is 16.5. The van der Waals surface area contributed by atoms with Crippen LogP contribution in [0.5, 0.6) is 0 Å². The molecule has 1 heterocycles. The molecule has 0 aliphatic carbocycles. The molecule has 2 aromatic rings. The highest BCUT2D eigenvalue weighted by Crippen LogP contribution is 2.26. The van der Waals surface area contributed by atoms with Crippen LogP contribution in [0, 0.1) is 5.92 Å². The second-order valence-electron chi connectivity index (χ2n) is 5.02. The number of halogens is 1. The fraction of sp³-hybridized carbons (Fsp3) is 0.333. The quantitative estimate of drug-likeness (QED) is 0.780. The molecule has 2 atom stereocenters. The molecule has 3 nitrogen and oxygen atoms in total. The fourth-order valence-electron chi connectivity index (χ4n) is 2.04. The van der Waals surface area contributed by atoms with Gasteiger partial charge in [-0.25, -0.2) is 13.1 Å². The van der Waals surface area contributed by atoms with Crippen molar-refractivity contribution in [3.63, 3.8) is 0 Å². The van der Waals surface area contributed by atoms with Gasteiger partial charge in [-0.1, -0.05) is 43.3 Å². The third-order valence-corrected chi connectivity index (χ3v) is 6.09. The standard InChI is InChI=1S/C15H18ClNO2S2/c1-12(10-16)11-21(18,19)17-15(14-8-5-9-20-14)13-6-3-2-4-7-13/h2-9,12,15,17H,10-11H2,1H3. The molecule has 0 radical (unpaired) electrons. The van der Waals surface area contributed by atoms with Crippen molar-refractivity contribution in [3.05, 3.63) is 58.3 Å². The minimum Gasteiger partial charge on any atom is -0.212 e. The van der Waals surface area contributed by atoms with Crippen molar-refractivity contribution in [2.45, 2.75) is 13.0 Å². The van der Waals surface area contributed by atoms with Crippen LogP contribution in [0.15, 0.2) is 47.8 Å². The van der Waals surface area contributed by atoms with Gasteiger partial charge in [0.05, 0.1) is 11.8 Å². The van der Waals surface area contributed by atoms with E-state index in [4.69, 9.17) is 11.6 Å². The van der Waals surface area contributed by atoms with Gasteiger partial charge < -0.3 is 0 Å². The molecule has 1 aromatic heterocycles. The molecule has 114 valence electrons. The summed E-state index contributed by atoms with van der Waals surface area (Å²) in [5.41, 5.74) is 0.932. The number of rotatable bonds is 7. The van der Waals surface area contributed by atoms with Crippen LogP contribution in [0.2, 0.25) is 0 Å².